The van der Waals surface area contributed by atoms with Crippen LogP contribution in [0.5, 0.6) is 0 Å². The number of piperidine rings is 1. The zero-order chi connectivity index (χ0) is 14.5. The zero-order valence-corrected chi connectivity index (χ0v) is 12.7. The van der Waals surface area contributed by atoms with Crippen LogP contribution in [0.4, 0.5) is 0 Å². The first-order valence-electron chi connectivity index (χ1n) is 7.55. The molecule has 3 nitrogen and oxygen atoms in total. The molecule has 1 fully saturated rings. The van der Waals surface area contributed by atoms with Crippen molar-refractivity contribution in [3.8, 4) is 0 Å². The van der Waals surface area contributed by atoms with Gasteiger partial charge in [-0.15, -0.1) is 0 Å². The Bertz CT molecular complexity index is 432. The van der Waals surface area contributed by atoms with Gasteiger partial charge in [-0.3, -0.25) is 4.79 Å². The van der Waals surface area contributed by atoms with E-state index in [-0.39, 0.29) is 12.1 Å². The van der Waals surface area contributed by atoms with Gasteiger partial charge < -0.3 is 9.64 Å². The largest absolute Gasteiger partial charge is 0.462 e. The van der Waals surface area contributed by atoms with E-state index < -0.39 is 0 Å². The van der Waals surface area contributed by atoms with E-state index in [0.29, 0.717) is 18.5 Å². The van der Waals surface area contributed by atoms with E-state index in [2.05, 4.69) is 25.8 Å². The lowest BCUT2D eigenvalue weighted by Crippen LogP contribution is -2.48. The van der Waals surface area contributed by atoms with Gasteiger partial charge in [0.2, 0.25) is 0 Å². The van der Waals surface area contributed by atoms with Crippen LogP contribution >= 0.6 is 0 Å². The molecule has 0 spiro atoms. The second-order valence-electron chi connectivity index (χ2n) is 5.82. The highest BCUT2D eigenvalue weighted by Crippen LogP contribution is 2.25. The summed E-state index contributed by atoms with van der Waals surface area (Å²) in [4.78, 5) is 14.4. The lowest BCUT2D eigenvalue weighted by Gasteiger charge is -2.41. The predicted octanol–water partition coefficient (Wildman–Crippen LogP) is 3.03. The van der Waals surface area contributed by atoms with E-state index in [9.17, 15) is 4.79 Å². The van der Waals surface area contributed by atoms with Crippen molar-refractivity contribution >= 4 is 5.97 Å². The average molecular weight is 275 g/mol. The van der Waals surface area contributed by atoms with Gasteiger partial charge in [-0.2, -0.15) is 0 Å². The molecule has 1 saturated heterocycles. The minimum atomic E-state index is -0.104. The Balaban J connectivity index is 1.88. The highest BCUT2D eigenvalue weighted by molar-refractivity contribution is 5.72. The molecule has 1 aliphatic rings. The fraction of sp³-hybridized carbons (Fsp3) is 0.588. The SMILES string of the molecule is CCC1CC(OC(=O)Cc2ccccc2)CC(C)N1C. The Morgan fingerprint density at radius 3 is 2.65 bits per heavy atom. The van der Waals surface area contributed by atoms with Crippen LogP contribution in [0, 0.1) is 0 Å². The number of ether oxygens (including phenoxy) is 1. The van der Waals surface area contributed by atoms with Crippen LogP contribution in [0.25, 0.3) is 0 Å². The van der Waals surface area contributed by atoms with E-state index in [1.165, 1.54) is 0 Å². The number of likely N-dealkylation sites (tertiary alicyclic amines) is 1. The molecule has 2 rings (SSSR count). The third-order valence-electron chi connectivity index (χ3n) is 4.37. The number of nitrogens with zero attached hydrogens (tertiary/aromatic N) is 1. The van der Waals surface area contributed by atoms with Crippen LogP contribution < -0.4 is 0 Å². The smallest absolute Gasteiger partial charge is 0.310 e. The van der Waals surface area contributed by atoms with Crippen molar-refractivity contribution in [3.63, 3.8) is 0 Å². The van der Waals surface area contributed by atoms with Gasteiger partial charge in [0.25, 0.3) is 0 Å². The fourth-order valence-corrected chi connectivity index (χ4v) is 3.01. The fourth-order valence-electron chi connectivity index (χ4n) is 3.01. The molecule has 3 heteroatoms. The molecule has 1 aliphatic heterocycles. The Hall–Kier alpha value is -1.35. The van der Waals surface area contributed by atoms with Crippen LogP contribution in [0.15, 0.2) is 30.3 Å². The van der Waals surface area contributed by atoms with Crippen LogP contribution in [0.2, 0.25) is 0 Å². The molecule has 0 radical (unpaired) electrons. The van der Waals surface area contributed by atoms with Gasteiger partial charge >= 0.3 is 5.97 Å². The molecule has 1 aromatic carbocycles. The van der Waals surface area contributed by atoms with Crippen molar-refractivity contribution in [1.82, 2.24) is 4.90 Å². The van der Waals surface area contributed by atoms with E-state index in [1.54, 1.807) is 0 Å². The van der Waals surface area contributed by atoms with Crippen LogP contribution in [-0.4, -0.2) is 36.1 Å². The van der Waals surface area contributed by atoms with Crippen molar-refractivity contribution in [2.45, 2.75) is 57.7 Å². The molecule has 1 heterocycles. The number of carbonyl (C=O) groups is 1. The molecule has 110 valence electrons. The molecule has 1 aromatic rings. The Labute approximate surface area is 121 Å². The average Bonchev–Trinajstić information content (AvgIpc) is 2.43. The number of hydrogen-bond donors (Lipinski definition) is 0. The maximum atomic E-state index is 12.0. The van der Waals surface area contributed by atoms with E-state index in [4.69, 9.17) is 4.74 Å². The van der Waals surface area contributed by atoms with Crippen molar-refractivity contribution in [3.05, 3.63) is 35.9 Å². The predicted molar refractivity (Wildman–Crippen MR) is 80.6 cm³/mol. The lowest BCUT2D eigenvalue weighted by molar-refractivity contribution is -0.152. The summed E-state index contributed by atoms with van der Waals surface area (Å²) in [7, 11) is 2.17. The minimum Gasteiger partial charge on any atom is -0.462 e. The quantitative estimate of drug-likeness (QED) is 0.791. The first kappa shape index (κ1) is 15.0. The van der Waals surface area contributed by atoms with Gasteiger partial charge in [0.05, 0.1) is 6.42 Å². The first-order chi connectivity index (χ1) is 9.60. The third kappa shape index (κ3) is 3.83. The zero-order valence-electron chi connectivity index (χ0n) is 12.7. The summed E-state index contributed by atoms with van der Waals surface area (Å²) < 4.78 is 5.68. The summed E-state index contributed by atoms with van der Waals surface area (Å²) in [6.45, 7) is 4.40. The second-order valence-corrected chi connectivity index (χ2v) is 5.82. The van der Waals surface area contributed by atoms with Gasteiger partial charge in [0.15, 0.2) is 0 Å². The van der Waals surface area contributed by atoms with E-state index >= 15 is 0 Å². The summed E-state index contributed by atoms with van der Waals surface area (Å²) >= 11 is 0. The standard InChI is InChI=1S/C17H25NO2/c1-4-15-12-16(10-13(2)18(15)3)20-17(19)11-14-8-6-5-7-9-14/h5-9,13,15-16H,4,10-12H2,1-3H3. The summed E-state index contributed by atoms with van der Waals surface area (Å²) in [5.41, 5.74) is 1.02. The van der Waals surface area contributed by atoms with Gasteiger partial charge in [0.1, 0.15) is 6.10 Å². The Morgan fingerprint density at radius 2 is 2.00 bits per heavy atom. The third-order valence-corrected chi connectivity index (χ3v) is 4.37. The maximum Gasteiger partial charge on any atom is 0.310 e. The van der Waals surface area contributed by atoms with Crippen molar-refractivity contribution in [2.24, 2.45) is 0 Å². The van der Waals surface area contributed by atoms with Crippen LogP contribution in [-0.2, 0) is 16.0 Å². The molecule has 0 saturated carbocycles. The number of rotatable bonds is 4. The van der Waals surface area contributed by atoms with Gasteiger partial charge in [-0.25, -0.2) is 0 Å². The number of carbonyl (C=O) groups excluding carboxylic acids is 1. The maximum absolute atomic E-state index is 12.0. The molecule has 0 aliphatic carbocycles. The Morgan fingerprint density at radius 1 is 1.30 bits per heavy atom. The molecule has 3 atom stereocenters. The van der Waals surface area contributed by atoms with Crippen molar-refractivity contribution in [2.75, 3.05) is 7.05 Å². The van der Waals surface area contributed by atoms with Gasteiger partial charge in [-0.1, -0.05) is 37.3 Å². The molecule has 3 unspecified atom stereocenters. The summed E-state index contributed by atoms with van der Waals surface area (Å²) in [6, 6.07) is 10.8. The topological polar surface area (TPSA) is 29.5 Å². The number of esters is 1. The van der Waals surface area contributed by atoms with Crippen LogP contribution in [0.3, 0.4) is 0 Å². The van der Waals surface area contributed by atoms with Gasteiger partial charge in [0, 0.05) is 12.1 Å². The highest BCUT2D eigenvalue weighted by atomic mass is 16.5. The highest BCUT2D eigenvalue weighted by Gasteiger charge is 2.31. The molecule has 0 aromatic heterocycles. The molecule has 0 bridgehead atoms. The molecule has 0 N–H and O–H groups in total. The summed E-state index contributed by atoms with van der Waals surface area (Å²) in [5.74, 6) is -0.104. The molecule has 20 heavy (non-hydrogen) atoms. The Kier molecular flexibility index (Phi) is 5.18. The van der Waals surface area contributed by atoms with E-state index in [1.807, 2.05) is 30.3 Å². The number of hydrogen-bond acceptors (Lipinski definition) is 3. The van der Waals surface area contributed by atoms with Crippen molar-refractivity contribution in [1.29, 1.82) is 0 Å². The molecule has 0 amide bonds. The van der Waals surface area contributed by atoms with Crippen LogP contribution in [0.1, 0.15) is 38.7 Å². The summed E-state index contributed by atoms with van der Waals surface area (Å²) in [6.07, 6.45) is 3.44. The second kappa shape index (κ2) is 6.89. The lowest BCUT2D eigenvalue weighted by atomic mass is 9.93. The van der Waals surface area contributed by atoms with Crippen molar-refractivity contribution < 1.29 is 9.53 Å². The molecular formula is C17H25NO2. The minimum absolute atomic E-state index is 0.0716. The van der Waals surface area contributed by atoms with Gasteiger partial charge in [-0.05, 0) is 38.8 Å². The summed E-state index contributed by atoms with van der Waals surface area (Å²) in [5, 5.41) is 0. The first-order valence-corrected chi connectivity index (χ1v) is 7.55. The molecular weight excluding hydrogens is 250 g/mol. The number of benzene rings is 1. The normalized spacial score (nSPS) is 27.2. The monoisotopic (exact) mass is 275 g/mol. The van der Waals surface area contributed by atoms with E-state index in [0.717, 1.165) is 24.8 Å².